The molecule has 6 nitrogen and oxygen atoms in total. The molecule has 140 valence electrons. The first-order chi connectivity index (χ1) is 11.5. The highest BCUT2D eigenvalue weighted by atomic mass is 32.2. The SMILES string of the molecule is CC(C)(C)NS(=O)(=O)c1cc(NC(=O)C2CCCCN2)c(F)cc1F. The van der Waals surface area contributed by atoms with Crippen molar-refractivity contribution >= 4 is 21.6 Å². The molecule has 1 unspecified atom stereocenters. The third kappa shape index (κ3) is 5.20. The maximum atomic E-state index is 14.0. The normalized spacial score (nSPS) is 18.8. The van der Waals surface area contributed by atoms with Gasteiger partial charge in [-0.2, -0.15) is 0 Å². The van der Waals surface area contributed by atoms with E-state index in [1.165, 1.54) is 0 Å². The minimum atomic E-state index is -4.21. The number of hydrogen-bond acceptors (Lipinski definition) is 4. The van der Waals surface area contributed by atoms with Crippen LogP contribution in [0.5, 0.6) is 0 Å². The summed E-state index contributed by atoms with van der Waals surface area (Å²) in [5.74, 6) is -2.73. The first-order valence-corrected chi connectivity index (χ1v) is 9.55. The minimum absolute atomic E-state index is 0.368. The fraction of sp³-hybridized carbons (Fsp3) is 0.562. The lowest BCUT2D eigenvalue weighted by molar-refractivity contribution is -0.118. The van der Waals surface area contributed by atoms with Crippen LogP contribution in [0.3, 0.4) is 0 Å². The lowest BCUT2D eigenvalue weighted by Gasteiger charge is -2.23. The predicted octanol–water partition coefficient (Wildman–Crippen LogP) is 2.12. The first kappa shape index (κ1) is 19.7. The van der Waals surface area contributed by atoms with Crippen LogP contribution in [0, 0.1) is 11.6 Å². The summed E-state index contributed by atoms with van der Waals surface area (Å²) in [6, 6.07) is 0.784. The van der Waals surface area contributed by atoms with Crippen molar-refractivity contribution in [2.45, 2.75) is 56.5 Å². The van der Waals surface area contributed by atoms with E-state index in [9.17, 15) is 22.0 Å². The van der Waals surface area contributed by atoms with Gasteiger partial charge in [0.05, 0.1) is 11.7 Å². The zero-order valence-corrected chi connectivity index (χ0v) is 15.3. The van der Waals surface area contributed by atoms with Gasteiger partial charge in [0.1, 0.15) is 16.5 Å². The van der Waals surface area contributed by atoms with Gasteiger partial charge in [-0.15, -0.1) is 0 Å². The van der Waals surface area contributed by atoms with Gasteiger partial charge in [-0.05, 0) is 46.2 Å². The molecule has 1 aliphatic heterocycles. The van der Waals surface area contributed by atoms with E-state index in [4.69, 9.17) is 0 Å². The zero-order chi connectivity index (χ0) is 18.8. The summed E-state index contributed by atoms with van der Waals surface area (Å²) in [4.78, 5) is 11.5. The number of hydrogen-bond donors (Lipinski definition) is 3. The van der Waals surface area contributed by atoms with E-state index in [-0.39, 0.29) is 5.69 Å². The van der Waals surface area contributed by atoms with E-state index in [0.29, 0.717) is 19.0 Å². The van der Waals surface area contributed by atoms with E-state index in [1.54, 1.807) is 20.8 Å². The van der Waals surface area contributed by atoms with Gasteiger partial charge in [0.15, 0.2) is 0 Å². The molecule has 1 aliphatic rings. The van der Waals surface area contributed by atoms with Crippen LogP contribution in [-0.4, -0.2) is 32.5 Å². The Kier molecular flexibility index (Phi) is 5.80. The molecule has 1 amide bonds. The molecule has 1 aromatic carbocycles. The first-order valence-electron chi connectivity index (χ1n) is 8.07. The number of carbonyl (C=O) groups is 1. The van der Waals surface area contributed by atoms with Crippen LogP contribution in [0.15, 0.2) is 17.0 Å². The molecule has 0 spiro atoms. The van der Waals surface area contributed by atoms with E-state index in [2.05, 4.69) is 15.4 Å². The summed E-state index contributed by atoms with van der Waals surface area (Å²) in [5, 5.41) is 5.35. The molecule has 0 bridgehead atoms. The van der Waals surface area contributed by atoms with Crippen molar-refractivity contribution in [3.63, 3.8) is 0 Å². The summed E-state index contributed by atoms with van der Waals surface area (Å²) in [5.41, 5.74) is -1.21. The summed E-state index contributed by atoms with van der Waals surface area (Å²) >= 11 is 0. The number of nitrogens with one attached hydrogen (secondary N) is 3. The van der Waals surface area contributed by atoms with Gasteiger partial charge in [0.25, 0.3) is 0 Å². The van der Waals surface area contributed by atoms with Gasteiger partial charge >= 0.3 is 0 Å². The number of benzene rings is 1. The van der Waals surface area contributed by atoms with Crippen molar-refractivity contribution in [3.05, 3.63) is 23.8 Å². The fourth-order valence-corrected chi connectivity index (χ4v) is 4.09. The Balaban J connectivity index is 2.29. The second kappa shape index (κ2) is 7.35. The Bertz CT molecular complexity index is 755. The third-order valence-corrected chi connectivity index (χ3v) is 5.41. The minimum Gasteiger partial charge on any atom is -0.322 e. The average molecular weight is 375 g/mol. The van der Waals surface area contributed by atoms with Gasteiger partial charge in [0, 0.05) is 11.6 Å². The predicted molar refractivity (Wildman–Crippen MR) is 90.7 cm³/mol. The van der Waals surface area contributed by atoms with Gasteiger partial charge in [-0.1, -0.05) is 6.42 Å². The summed E-state index contributed by atoms with van der Waals surface area (Å²) < 4.78 is 54.9. The van der Waals surface area contributed by atoms with Crippen LogP contribution in [0.25, 0.3) is 0 Å². The Morgan fingerprint density at radius 2 is 1.88 bits per heavy atom. The van der Waals surface area contributed by atoms with Crippen LogP contribution in [0.4, 0.5) is 14.5 Å². The van der Waals surface area contributed by atoms with E-state index < -0.39 is 44.0 Å². The Hall–Kier alpha value is -1.58. The molecule has 0 radical (unpaired) electrons. The molecule has 25 heavy (non-hydrogen) atoms. The second-order valence-electron chi connectivity index (χ2n) is 7.11. The van der Waals surface area contributed by atoms with Crippen LogP contribution in [-0.2, 0) is 14.8 Å². The average Bonchev–Trinajstić information content (AvgIpc) is 2.48. The van der Waals surface area contributed by atoms with Gasteiger partial charge in [0.2, 0.25) is 15.9 Å². The fourth-order valence-electron chi connectivity index (χ4n) is 2.58. The maximum Gasteiger partial charge on any atom is 0.244 e. The van der Waals surface area contributed by atoms with Crippen molar-refractivity contribution in [2.24, 2.45) is 0 Å². The van der Waals surface area contributed by atoms with Gasteiger partial charge < -0.3 is 10.6 Å². The standard InChI is InChI=1S/C16H23F2N3O3S/c1-16(2,3)21-25(23,24)14-9-13(10(17)8-11(14)18)20-15(22)12-6-4-5-7-19-12/h8-9,12,19,21H,4-7H2,1-3H3,(H,20,22). The molecule has 1 heterocycles. The molecule has 0 saturated carbocycles. The Morgan fingerprint density at radius 3 is 2.44 bits per heavy atom. The molecule has 1 atom stereocenters. The summed E-state index contributed by atoms with van der Waals surface area (Å²) in [7, 11) is -4.21. The monoisotopic (exact) mass is 375 g/mol. The molecule has 1 fully saturated rings. The highest BCUT2D eigenvalue weighted by Gasteiger charge is 2.28. The van der Waals surface area contributed by atoms with Crippen LogP contribution >= 0.6 is 0 Å². The van der Waals surface area contributed by atoms with Crippen molar-refractivity contribution < 1.29 is 22.0 Å². The van der Waals surface area contributed by atoms with Crippen molar-refractivity contribution in [3.8, 4) is 0 Å². The van der Waals surface area contributed by atoms with Crippen molar-refractivity contribution in [1.82, 2.24) is 10.0 Å². The lowest BCUT2D eigenvalue weighted by atomic mass is 10.0. The number of rotatable bonds is 4. The van der Waals surface area contributed by atoms with E-state index in [1.807, 2.05) is 0 Å². The van der Waals surface area contributed by atoms with Crippen LogP contribution in [0.1, 0.15) is 40.0 Å². The third-order valence-electron chi connectivity index (χ3n) is 3.64. The highest BCUT2D eigenvalue weighted by Crippen LogP contribution is 2.24. The maximum absolute atomic E-state index is 14.0. The highest BCUT2D eigenvalue weighted by molar-refractivity contribution is 7.89. The van der Waals surface area contributed by atoms with Crippen LogP contribution in [0.2, 0.25) is 0 Å². The molecular formula is C16H23F2N3O3S. The summed E-state index contributed by atoms with van der Waals surface area (Å²) in [6.07, 6.45) is 2.42. The molecular weight excluding hydrogens is 352 g/mol. The van der Waals surface area contributed by atoms with Crippen molar-refractivity contribution in [1.29, 1.82) is 0 Å². The number of carbonyl (C=O) groups excluding carboxylic acids is 1. The molecule has 2 rings (SSSR count). The van der Waals surface area contributed by atoms with E-state index in [0.717, 1.165) is 18.9 Å². The van der Waals surface area contributed by atoms with E-state index >= 15 is 0 Å². The van der Waals surface area contributed by atoms with Gasteiger partial charge in [-0.3, -0.25) is 4.79 Å². The van der Waals surface area contributed by atoms with Crippen LogP contribution < -0.4 is 15.4 Å². The van der Waals surface area contributed by atoms with Gasteiger partial charge in [-0.25, -0.2) is 21.9 Å². The molecule has 0 aliphatic carbocycles. The Labute approximate surface area is 146 Å². The number of piperidine rings is 1. The molecule has 3 N–H and O–H groups in total. The smallest absolute Gasteiger partial charge is 0.244 e. The Morgan fingerprint density at radius 1 is 1.20 bits per heavy atom. The molecule has 1 aromatic rings. The molecule has 0 aromatic heterocycles. The topological polar surface area (TPSA) is 87.3 Å². The number of anilines is 1. The lowest BCUT2D eigenvalue weighted by Crippen LogP contribution is -2.43. The summed E-state index contributed by atoms with van der Waals surface area (Å²) in [6.45, 7) is 5.48. The molecule has 9 heteroatoms. The quantitative estimate of drug-likeness (QED) is 0.752. The molecule has 1 saturated heterocycles. The largest absolute Gasteiger partial charge is 0.322 e. The number of sulfonamides is 1. The zero-order valence-electron chi connectivity index (χ0n) is 14.4. The van der Waals surface area contributed by atoms with Crippen molar-refractivity contribution in [2.75, 3.05) is 11.9 Å². The number of halogens is 2. The second-order valence-corrected chi connectivity index (χ2v) is 8.76. The number of amides is 1.